The summed E-state index contributed by atoms with van der Waals surface area (Å²) >= 11 is 3.35. The van der Waals surface area contributed by atoms with E-state index in [1.807, 2.05) is 0 Å². The Morgan fingerprint density at radius 1 is 1.80 bits per heavy atom. The quantitative estimate of drug-likeness (QED) is 0.628. The molecular formula is C7H9BrN2. The molecule has 0 radical (unpaired) electrons. The molecule has 0 saturated carbocycles. The SMILES string of the molecule is CC1CCn2cc(Br)nc21. The molecule has 0 fully saturated rings. The summed E-state index contributed by atoms with van der Waals surface area (Å²) in [6.07, 6.45) is 3.30. The molecule has 2 nitrogen and oxygen atoms in total. The lowest BCUT2D eigenvalue weighted by Crippen LogP contribution is -1.90. The van der Waals surface area contributed by atoms with Gasteiger partial charge in [0, 0.05) is 18.7 Å². The lowest BCUT2D eigenvalue weighted by atomic mass is 10.1. The van der Waals surface area contributed by atoms with Crippen LogP contribution < -0.4 is 0 Å². The van der Waals surface area contributed by atoms with Gasteiger partial charge in [-0.25, -0.2) is 4.98 Å². The predicted molar refractivity (Wildman–Crippen MR) is 43.0 cm³/mol. The number of aryl methyl sites for hydroxylation is 1. The zero-order chi connectivity index (χ0) is 7.14. The molecule has 1 aromatic rings. The molecule has 1 unspecified atom stereocenters. The summed E-state index contributed by atoms with van der Waals surface area (Å²) < 4.78 is 3.18. The Morgan fingerprint density at radius 2 is 2.60 bits per heavy atom. The van der Waals surface area contributed by atoms with Crippen LogP contribution in [0.3, 0.4) is 0 Å². The molecule has 54 valence electrons. The van der Waals surface area contributed by atoms with E-state index in [0.29, 0.717) is 5.92 Å². The van der Waals surface area contributed by atoms with Crippen LogP contribution in [0.25, 0.3) is 0 Å². The maximum absolute atomic E-state index is 4.35. The number of hydrogen-bond acceptors (Lipinski definition) is 1. The predicted octanol–water partition coefficient (Wildman–Crippen LogP) is 2.15. The van der Waals surface area contributed by atoms with E-state index in [1.165, 1.54) is 12.2 Å². The van der Waals surface area contributed by atoms with Gasteiger partial charge in [-0.3, -0.25) is 0 Å². The average Bonchev–Trinajstić information content (AvgIpc) is 2.35. The van der Waals surface area contributed by atoms with Crippen LogP contribution in [0.15, 0.2) is 10.8 Å². The van der Waals surface area contributed by atoms with Gasteiger partial charge in [0.2, 0.25) is 0 Å². The van der Waals surface area contributed by atoms with Crippen molar-refractivity contribution < 1.29 is 0 Å². The zero-order valence-corrected chi connectivity index (χ0v) is 7.43. The molecule has 0 spiro atoms. The van der Waals surface area contributed by atoms with Crippen molar-refractivity contribution in [3.63, 3.8) is 0 Å². The Hall–Kier alpha value is -0.310. The topological polar surface area (TPSA) is 17.8 Å². The van der Waals surface area contributed by atoms with Crippen LogP contribution >= 0.6 is 15.9 Å². The molecule has 0 bridgehead atoms. The Morgan fingerprint density at radius 3 is 3.30 bits per heavy atom. The summed E-state index contributed by atoms with van der Waals surface area (Å²) in [4.78, 5) is 4.35. The average molecular weight is 201 g/mol. The number of hydrogen-bond donors (Lipinski definition) is 0. The molecular weight excluding hydrogens is 192 g/mol. The summed E-state index contributed by atoms with van der Waals surface area (Å²) in [6, 6.07) is 0. The van der Waals surface area contributed by atoms with E-state index in [2.05, 4.69) is 38.6 Å². The first-order valence-electron chi connectivity index (χ1n) is 3.50. The maximum atomic E-state index is 4.35. The van der Waals surface area contributed by atoms with Crippen molar-refractivity contribution in [1.82, 2.24) is 9.55 Å². The normalized spacial score (nSPS) is 23.2. The molecule has 0 aromatic carbocycles. The highest BCUT2D eigenvalue weighted by Gasteiger charge is 2.19. The molecule has 1 aliphatic rings. The molecule has 1 aromatic heterocycles. The summed E-state index contributed by atoms with van der Waals surface area (Å²) in [7, 11) is 0. The fraction of sp³-hybridized carbons (Fsp3) is 0.571. The van der Waals surface area contributed by atoms with Gasteiger partial charge in [0.05, 0.1) is 0 Å². The molecule has 0 N–H and O–H groups in total. The summed E-state index contributed by atoms with van der Waals surface area (Å²) in [5, 5.41) is 0. The van der Waals surface area contributed by atoms with Crippen molar-refractivity contribution in [1.29, 1.82) is 0 Å². The molecule has 0 aliphatic carbocycles. The molecule has 2 heterocycles. The fourth-order valence-electron chi connectivity index (χ4n) is 1.43. The third kappa shape index (κ3) is 0.804. The van der Waals surface area contributed by atoms with Crippen LogP contribution in [0.4, 0.5) is 0 Å². The minimum Gasteiger partial charge on any atom is -0.333 e. The van der Waals surface area contributed by atoms with E-state index in [0.717, 1.165) is 11.1 Å². The van der Waals surface area contributed by atoms with Gasteiger partial charge in [-0.05, 0) is 22.4 Å². The highest BCUT2D eigenvalue weighted by molar-refractivity contribution is 9.10. The number of aromatic nitrogens is 2. The lowest BCUT2D eigenvalue weighted by molar-refractivity contribution is 0.698. The largest absolute Gasteiger partial charge is 0.333 e. The second kappa shape index (κ2) is 2.09. The van der Waals surface area contributed by atoms with Gasteiger partial charge in [-0.2, -0.15) is 0 Å². The van der Waals surface area contributed by atoms with Crippen molar-refractivity contribution in [2.45, 2.75) is 25.8 Å². The molecule has 2 rings (SSSR count). The second-order valence-electron chi connectivity index (χ2n) is 2.80. The Labute approximate surface area is 68.4 Å². The van der Waals surface area contributed by atoms with Crippen molar-refractivity contribution in [3.05, 3.63) is 16.6 Å². The van der Waals surface area contributed by atoms with Gasteiger partial charge in [0.25, 0.3) is 0 Å². The van der Waals surface area contributed by atoms with Crippen LogP contribution in [0.1, 0.15) is 25.1 Å². The van der Waals surface area contributed by atoms with Gasteiger partial charge in [-0.15, -0.1) is 0 Å². The van der Waals surface area contributed by atoms with Crippen molar-refractivity contribution >= 4 is 15.9 Å². The summed E-state index contributed by atoms with van der Waals surface area (Å²) in [5.74, 6) is 1.87. The van der Waals surface area contributed by atoms with Crippen molar-refractivity contribution in [3.8, 4) is 0 Å². The van der Waals surface area contributed by atoms with E-state index >= 15 is 0 Å². The van der Waals surface area contributed by atoms with E-state index < -0.39 is 0 Å². The third-order valence-corrected chi connectivity index (χ3v) is 2.40. The standard InChI is InChI=1S/C7H9BrN2/c1-5-2-3-10-4-6(8)9-7(5)10/h4-5H,2-3H2,1H3. The molecule has 0 amide bonds. The molecule has 10 heavy (non-hydrogen) atoms. The maximum Gasteiger partial charge on any atom is 0.124 e. The Bertz CT molecular complexity index is 254. The molecule has 3 heteroatoms. The van der Waals surface area contributed by atoms with E-state index in [1.54, 1.807) is 0 Å². The van der Waals surface area contributed by atoms with Crippen LogP contribution in [0.5, 0.6) is 0 Å². The highest BCUT2D eigenvalue weighted by Crippen LogP contribution is 2.27. The Balaban J connectivity index is 2.49. The number of rotatable bonds is 0. The van der Waals surface area contributed by atoms with Gasteiger partial charge in [0.1, 0.15) is 10.4 Å². The third-order valence-electron chi connectivity index (χ3n) is 2.02. The van der Waals surface area contributed by atoms with E-state index in [4.69, 9.17) is 0 Å². The molecule has 1 aliphatic heterocycles. The number of halogens is 1. The van der Waals surface area contributed by atoms with Gasteiger partial charge in [0.15, 0.2) is 0 Å². The van der Waals surface area contributed by atoms with Crippen LogP contribution in [0.2, 0.25) is 0 Å². The van der Waals surface area contributed by atoms with Gasteiger partial charge >= 0.3 is 0 Å². The first kappa shape index (κ1) is 6.40. The molecule has 1 atom stereocenters. The van der Waals surface area contributed by atoms with Crippen LogP contribution in [-0.4, -0.2) is 9.55 Å². The number of imidazole rings is 1. The first-order chi connectivity index (χ1) is 4.77. The number of fused-ring (bicyclic) bond motifs is 1. The lowest BCUT2D eigenvalue weighted by Gasteiger charge is -1.94. The minimum atomic E-state index is 0.645. The Kier molecular flexibility index (Phi) is 1.34. The molecule has 0 saturated heterocycles. The minimum absolute atomic E-state index is 0.645. The van der Waals surface area contributed by atoms with Crippen molar-refractivity contribution in [2.24, 2.45) is 0 Å². The first-order valence-corrected chi connectivity index (χ1v) is 4.29. The summed E-state index contributed by atoms with van der Waals surface area (Å²) in [6.45, 7) is 3.35. The zero-order valence-electron chi connectivity index (χ0n) is 5.84. The fourth-order valence-corrected chi connectivity index (χ4v) is 1.86. The number of nitrogens with zero attached hydrogens (tertiary/aromatic N) is 2. The van der Waals surface area contributed by atoms with E-state index in [-0.39, 0.29) is 0 Å². The van der Waals surface area contributed by atoms with Gasteiger partial charge < -0.3 is 4.57 Å². The van der Waals surface area contributed by atoms with E-state index in [9.17, 15) is 0 Å². The second-order valence-corrected chi connectivity index (χ2v) is 3.62. The van der Waals surface area contributed by atoms with Gasteiger partial charge in [-0.1, -0.05) is 6.92 Å². The highest BCUT2D eigenvalue weighted by atomic mass is 79.9. The van der Waals surface area contributed by atoms with Crippen LogP contribution in [-0.2, 0) is 6.54 Å². The summed E-state index contributed by atoms with van der Waals surface area (Å²) in [5.41, 5.74) is 0. The smallest absolute Gasteiger partial charge is 0.124 e. The van der Waals surface area contributed by atoms with Crippen LogP contribution in [0, 0.1) is 0 Å². The monoisotopic (exact) mass is 200 g/mol. The van der Waals surface area contributed by atoms with Crippen molar-refractivity contribution in [2.75, 3.05) is 0 Å².